The smallest absolute Gasteiger partial charge is 0.239 e. The Bertz CT molecular complexity index is 540. The molecule has 0 spiro atoms. The summed E-state index contributed by atoms with van der Waals surface area (Å²) in [6, 6.07) is 7.78. The lowest BCUT2D eigenvalue weighted by atomic mass is 10.2. The van der Waals surface area contributed by atoms with E-state index in [2.05, 4.69) is 22.3 Å². The van der Waals surface area contributed by atoms with Crippen LogP contribution in [0.25, 0.3) is 10.9 Å². The van der Waals surface area contributed by atoms with E-state index in [1.807, 2.05) is 29.2 Å². The van der Waals surface area contributed by atoms with Crippen molar-refractivity contribution >= 4 is 22.7 Å². The number of aliphatic hydroxyl groups excluding tert-OH is 1. The number of rotatable bonds is 6. The fourth-order valence-corrected chi connectivity index (χ4v) is 2.08. The first-order valence-electron chi connectivity index (χ1n) is 6.39. The van der Waals surface area contributed by atoms with Gasteiger partial charge in [0.15, 0.2) is 0 Å². The van der Waals surface area contributed by atoms with E-state index in [1.165, 1.54) is 0 Å². The molecule has 102 valence electrons. The predicted molar refractivity (Wildman–Crippen MR) is 76.9 cm³/mol. The number of nitrogens with two attached hydrogens (primary N) is 1. The summed E-state index contributed by atoms with van der Waals surface area (Å²) < 4.78 is 0. The summed E-state index contributed by atoms with van der Waals surface area (Å²) in [6.45, 7) is 3.55. The van der Waals surface area contributed by atoms with Crippen LogP contribution in [0.3, 0.4) is 0 Å². The lowest BCUT2D eigenvalue weighted by Gasteiger charge is -2.23. The minimum atomic E-state index is 0.0870. The van der Waals surface area contributed by atoms with Crippen molar-refractivity contribution in [2.24, 2.45) is 5.84 Å². The molecule has 2 aromatic rings. The normalized spacial score (nSPS) is 10.7. The summed E-state index contributed by atoms with van der Waals surface area (Å²) in [6.07, 6.45) is 0.976. The lowest BCUT2D eigenvalue weighted by Crippen LogP contribution is -2.29. The number of hydrogen-bond donors (Lipinski definition) is 3. The van der Waals surface area contributed by atoms with Gasteiger partial charge < -0.3 is 10.0 Å². The van der Waals surface area contributed by atoms with Crippen LogP contribution >= 0.6 is 0 Å². The van der Waals surface area contributed by atoms with E-state index in [4.69, 9.17) is 5.84 Å². The number of nitrogen functional groups attached to an aromatic ring is 1. The van der Waals surface area contributed by atoms with E-state index in [-0.39, 0.29) is 6.61 Å². The molecule has 6 nitrogen and oxygen atoms in total. The predicted octanol–water partition coefficient (Wildman–Crippen LogP) is 1.12. The highest BCUT2D eigenvalue weighted by molar-refractivity contribution is 5.90. The molecule has 0 bridgehead atoms. The van der Waals surface area contributed by atoms with Crippen LogP contribution in [-0.2, 0) is 0 Å². The Balaban J connectivity index is 2.54. The van der Waals surface area contributed by atoms with Gasteiger partial charge in [0.25, 0.3) is 0 Å². The number of benzene rings is 1. The lowest BCUT2D eigenvalue weighted by molar-refractivity contribution is 0.301. The van der Waals surface area contributed by atoms with E-state index in [0.717, 1.165) is 29.7 Å². The minimum absolute atomic E-state index is 0.0870. The van der Waals surface area contributed by atoms with Gasteiger partial charge in [-0.3, -0.25) is 5.43 Å². The molecule has 1 aromatic carbocycles. The summed E-state index contributed by atoms with van der Waals surface area (Å²) in [7, 11) is 0. The molecule has 0 saturated carbocycles. The fraction of sp³-hybridized carbons (Fsp3) is 0.385. The fourth-order valence-electron chi connectivity index (χ4n) is 2.08. The van der Waals surface area contributed by atoms with Crippen molar-refractivity contribution in [3.05, 3.63) is 24.3 Å². The zero-order valence-corrected chi connectivity index (χ0v) is 11.0. The number of anilines is 2. The maximum Gasteiger partial charge on any atom is 0.239 e. The first kappa shape index (κ1) is 13.5. The highest BCUT2D eigenvalue weighted by Crippen LogP contribution is 2.25. The molecule has 0 aliphatic carbocycles. The SMILES string of the molecule is CCCN(CCO)c1nc(NN)nc2ccccc12. The molecule has 0 saturated heterocycles. The zero-order valence-electron chi connectivity index (χ0n) is 11.0. The van der Waals surface area contributed by atoms with Crippen molar-refractivity contribution in [1.29, 1.82) is 0 Å². The third kappa shape index (κ3) is 2.91. The molecule has 4 N–H and O–H groups in total. The average molecular weight is 261 g/mol. The standard InChI is InChI=1S/C13H19N5O/c1-2-7-18(8-9-19)12-10-5-3-4-6-11(10)15-13(16-12)17-14/h3-6,19H,2,7-9,14H2,1H3,(H,15,16,17). The molecule has 2 rings (SSSR count). The van der Waals surface area contributed by atoms with Gasteiger partial charge in [-0.05, 0) is 18.6 Å². The first-order valence-corrected chi connectivity index (χ1v) is 6.39. The van der Waals surface area contributed by atoms with Gasteiger partial charge in [-0.15, -0.1) is 0 Å². The molecule has 0 aliphatic rings. The molecule has 0 amide bonds. The van der Waals surface area contributed by atoms with Gasteiger partial charge in [0.1, 0.15) is 5.82 Å². The molecule has 0 unspecified atom stereocenters. The number of aromatic nitrogens is 2. The second-order valence-electron chi connectivity index (χ2n) is 4.24. The number of hydrazine groups is 1. The molecule has 0 fully saturated rings. The van der Waals surface area contributed by atoms with Gasteiger partial charge >= 0.3 is 0 Å². The Hall–Kier alpha value is -1.92. The van der Waals surface area contributed by atoms with Crippen LogP contribution in [0, 0.1) is 0 Å². The summed E-state index contributed by atoms with van der Waals surface area (Å²) in [5.41, 5.74) is 3.32. The van der Waals surface area contributed by atoms with Crippen LogP contribution in [0.2, 0.25) is 0 Å². The van der Waals surface area contributed by atoms with Gasteiger partial charge in [-0.1, -0.05) is 19.1 Å². The Kier molecular flexibility index (Phi) is 4.48. The second-order valence-corrected chi connectivity index (χ2v) is 4.24. The maximum absolute atomic E-state index is 9.20. The van der Waals surface area contributed by atoms with Gasteiger partial charge in [-0.2, -0.15) is 4.98 Å². The molecule has 19 heavy (non-hydrogen) atoms. The van der Waals surface area contributed by atoms with Gasteiger partial charge in [0.2, 0.25) is 5.95 Å². The van der Waals surface area contributed by atoms with Crippen molar-refractivity contribution in [3.63, 3.8) is 0 Å². The monoisotopic (exact) mass is 261 g/mol. The summed E-state index contributed by atoms with van der Waals surface area (Å²) in [5, 5.41) is 10.2. The summed E-state index contributed by atoms with van der Waals surface area (Å²) >= 11 is 0. The largest absolute Gasteiger partial charge is 0.395 e. The van der Waals surface area contributed by atoms with E-state index < -0.39 is 0 Å². The van der Waals surface area contributed by atoms with E-state index >= 15 is 0 Å². The van der Waals surface area contributed by atoms with Crippen LogP contribution in [0.15, 0.2) is 24.3 Å². The molecular weight excluding hydrogens is 242 g/mol. The van der Waals surface area contributed by atoms with Crippen LogP contribution < -0.4 is 16.2 Å². The van der Waals surface area contributed by atoms with Crippen molar-refractivity contribution < 1.29 is 5.11 Å². The molecule has 0 aliphatic heterocycles. The van der Waals surface area contributed by atoms with Crippen LogP contribution in [0.1, 0.15) is 13.3 Å². The molecule has 6 heteroatoms. The minimum Gasteiger partial charge on any atom is -0.395 e. The number of nitrogens with one attached hydrogen (secondary N) is 1. The number of aliphatic hydroxyl groups is 1. The van der Waals surface area contributed by atoms with Gasteiger partial charge in [-0.25, -0.2) is 10.8 Å². The Morgan fingerprint density at radius 3 is 2.74 bits per heavy atom. The van der Waals surface area contributed by atoms with Crippen molar-refractivity contribution in [2.75, 3.05) is 30.0 Å². The van der Waals surface area contributed by atoms with E-state index in [0.29, 0.717) is 12.5 Å². The van der Waals surface area contributed by atoms with Crippen LogP contribution in [0.5, 0.6) is 0 Å². The second kappa shape index (κ2) is 6.31. The summed E-state index contributed by atoms with van der Waals surface area (Å²) in [5.74, 6) is 6.60. The van der Waals surface area contributed by atoms with Crippen LogP contribution in [0.4, 0.5) is 11.8 Å². The molecular formula is C13H19N5O. The van der Waals surface area contributed by atoms with Crippen molar-refractivity contribution in [2.45, 2.75) is 13.3 Å². The molecule has 1 heterocycles. The number of fused-ring (bicyclic) bond motifs is 1. The Morgan fingerprint density at radius 1 is 1.26 bits per heavy atom. The highest BCUT2D eigenvalue weighted by Gasteiger charge is 2.13. The topological polar surface area (TPSA) is 87.3 Å². The Labute approximate surface area is 112 Å². The summed E-state index contributed by atoms with van der Waals surface area (Å²) in [4.78, 5) is 10.8. The van der Waals surface area contributed by atoms with Gasteiger partial charge in [0.05, 0.1) is 12.1 Å². The average Bonchev–Trinajstić information content (AvgIpc) is 2.46. The number of nitrogens with zero attached hydrogens (tertiary/aromatic N) is 3. The number of para-hydroxylation sites is 1. The van der Waals surface area contributed by atoms with Crippen LogP contribution in [-0.4, -0.2) is 34.8 Å². The third-order valence-corrected chi connectivity index (χ3v) is 2.88. The molecule has 1 aromatic heterocycles. The number of hydrogen-bond acceptors (Lipinski definition) is 6. The van der Waals surface area contributed by atoms with Gasteiger partial charge in [0, 0.05) is 18.5 Å². The van der Waals surface area contributed by atoms with Crippen molar-refractivity contribution in [3.8, 4) is 0 Å². The zero-order chi connectivity index (χ0) is 13.7. The first-order chi connectivity index (χ1) is 9.30. The molecule has 0 atom stereocenters. The molecule has 0 radical (unpaired) electrons. The quantitative estimate of drug-likeness (QED) is 0.533. The maximum atomic E-state index is 9.20. The van der Waals surface area contributed by atoms with E-state index in [1.54, 1.807) is 0 Å². The van der Waals surface area contributed by atoms with Crippen molar-refractivity contribution in [1.82, 2.24) is 9.97 Å². The van der Waals surface area contributed by atoms with E-state index in [9.17, 15) is 5.11 Å². The Morgan fingerprint density at radius 2 is 2.05 bits per heavy atom. The third-order valence-electron chi connectivity index (χ3n) is 2.88. The highest BCUT2D eigenvalue weighted by atomic mass is 16.3.